The highest BCUT2D eigenvalue weighted by molar-refractivity contribution is 6.16. The van der Waals surface area contributed by atoms with Crippen molar-refractivity contribution in [2.45, 2.75) is 39.1 Å². The van der Waals surface area contributed by atoms with E-state index in [1.54, 1.807) is 0 Å². The lowest BCUT2D eigenvalue weighted by molar-refractivity contribution is 0.129. The molecule has 0 spiro atoms. The molecule has 2 aromatic rings. The molecule has 2 aromatic heterocycles. The van der Waals surface area contributed by atoms with Crippen LogP contribution in [0.2, 0.25) is 0 Å². The first-order valence-corrected chi connectivity index (χ1v) is 7.26. The average Bonchev–Trinajstić information content (AvgIpc) is 2.76. The Balaban J connectivity index is 2.13. The lowest BCUT2D eigenvalue weighted by Crippen LogP contribution is -2.07. The summed E-state index contributed by atoms with van der Waals surface area (Å²) in [5.74, 6) is 1.29. The maximum atomic E-state index is 5.96. The summed E-state index contributed by atoms with van der Waals surface area (Å²) in [6.45, 7) is 6.54. The fourth-order valence-electron chi connectivity index (χ4n) is 2.05. The monoisotopic (exact) mass is 281 g/mol. The van der Waals surface area contributed by atoms with Gasteiger partial charge in [-0.25, -0.2) is 9.97 Å². The number of aromatic nitrogens is 3. The highest BCUT2D eigenvalue weighted by Crippen LogP contribution is 2.16. The molecule has 2 rings (SSSR count). The van der Waals surface area contributed by atoms with Crippen molar-refractivity contribution in [3.63, 3.8) is 0 Å². The van der Waals surface area contributed by atoms with Crippen molar-refractivity contribution in [2.75, 3.05) is 13.2 Å². The summed E-state index contributed by atoms with van der Waals surface area (Å²) in [5, 5.41) is 0. The van der Waals surface area contributed by atoms with Crippen molar-refractivity contribution >= 4 is 22.8 Å². The second-order valence-electron chi connectivity index (χ2n) is 4.57. The van der Waals surface area contributed by atoms with Crippen LogP contribution in [0.4, 0.5) is 0 Å². The standard InChI is InChI=1S/C14H20ClN3O/c1-3-8-19-9-4-7-18-13(10-15)17-12-6-5-11(2)16-14(12)18/h5-6H,3-4,7-10H2,1-2H3. The van der Waals surface area contributed by atoms with Gasteiger partial charge < -0.3 is 9.30 Å². The van der Waals surface area contributed by atoms with Gasteiger partial charge in [-0.05, 0) is 31.9 Å². The molecule has 0 atom stereocenters. The molecule has 104 valence electrons. The van der Waals surface area contributed by atoms with Crippen LogP contribution in [0.15, 0.2) is 12.1 Å². The number of hydrogen-bond donors (Lipinski definition) is 0. The van der Waals surface area contributed by atoms with Gasteiger partial charge in [-0.2, -0.15) is 0 Å². The molecular formula is C14H20ClN3O. The van der Waals surface area contributed by atoms with Gasteiger partial charge in [0.15, 0.2) is 5.65 Å². The Hall–Kier alpha value is -1.13. The number of ether oxygens (including phenoxy) is 1. The van der Waals surface area contributed by atoms with Crippen LogP contribution in [-0.4, -0.2) is 27.7 Å². The molecule has 0 amide bonds. The Morgan fingerprint density at radius 3 is 2.84 bits per heavy atom. The smallest absolute Gasteiger partial charge is 0.160 e. The zero-order valence-electron chi connectivity index (χ0n) is 11.5. The molecule has 0 bridgehead atoms. The predicted molar refractivity (Wildman–Crippen MR) is 77.5 cm³/mol. The second-order valence-corrected chi connectivity index (χ2v) is 4.84. The van der Waals surface area contributed by atoms with E-state index >= 15 is 0 Å². The van der Waals surface area contributed by atoms with Crippen LogP contribution < -0.4 is 0 Å². The van der Waals surface area contributed by atoms with Crippen LogP contribution >= 0.6 is 11.6 Å². The normalized spacial score (nSPS) is 11.3. The van der Waals surface area contributed by atoms with E-state index in [0.717, 1.165) is 55.3 Å². The Morgan fingerprint density at radius 2 is 2.11 bits per heavy atom. The third kappa shape index (κ3) is 3.45. The molecule has 0 saturated heterocycles. The first-order chi connectivity index (χ1) is 9.26. The first-order valence-electron chi connectivity index (χ1n) is 6.72. The molecule has 5 heteroatoms. The number of fused-ring (bicyclic) bond motifs is 1. The summed E-state index contributed by atoms with van der Waals surface area (Å²) >= 11 is 5.96. The second kappa shape index (κ2) is 6.87. The van der Waals surface area contributed by atoms with Gasteiger partial charge in [-0.15, -0.1) is 11.6 Å². The van der Waals surface area contributed by atoms with Gasteiger partial charge in [0.05, 0.1) is 5.88 Å². The van der Waals surface area contributed by atoms with Crippen LogP contribution in [0, 0.1) is 6.92 Å². The summed E-state index contributed by atoms with van der Waals surface area (Å²) in [4.78, 5) is 9.08. The van der Waals surface area contributed by atoms with Gasteiger partial charge in [0.25, 0.3) is 0 Å². The number of nitrogens with zero attached hydrogens (tertiary/aromatic N) is 3. The van der Waals surface area contributed by atoms with Gasteiger partial charge in [0.2, 0.25) is 0 Å². The van der Waals surface area contributed by atoms with E-state index in [0.29, 0.717) is 5.88 Å². The van der Waals surface area contributed by atoms with Crippen LogP contribution in [0.1, 0.15) is 31.3 Å². The van der Waals surface area contributed by atoms with E-state index < -0.39 is 0 Å². The minimum Gasteiger partial charge on any atom is -0.381 e. The van der Waals surface area contributed by atoms with Gasteiger partial charge in [0, 0.05) is 25.5 Å². The van der Waals surface area contributed by atoms with Crippen LogP contribution in [0.3, 0.4) is 0 Å². The van der Waals surface area contributed by atoms with E-state index in [2.05, 4.69) is 21.5 Å². The SMILES string of the molecule is CCCOCCCn1c(CCl)nc2ccc(C)nc21. The molecule has 4 nitrogen and oxygen atoms in total. The average molecular weight is 282 g/mol. The molecule has 19 heavy (non-hydrogen) atoms. The van der Waals surface area contributed by atoms with Crippen molar-refractivity contribution in [1.29, 1.82) is 0 Å². The number of halogens is 1. The third-order valence-corrected chi connectivity index (χ3v) is 3.19. The number of alkyl halides is 1. The topological polar surface area (TPSA) is 39.9 Å². The molecule has 0 unspecified atom stereocenters. The molecular weight excluding hydrogens is 262 g/mol. The number of pyridine rings is 1. The van der Waals surface area contributed by atoms with Gasteiger partial charge in [-0.3, -0.25) is 0 Å². The lowest BCUT2D eigenvalue weighted by atomic mass is 10.3. The van der Waals surface area contributed by atoms with E-state index in [4.69, 9.17) is 16.3 Å². The third-order valence-electron chi connectivity index (χ3n) is 2.95. The zero-order chi connectivity index (χ0) is 13.7. The predicted octanol–water partition coefficient (Wildman–Crippen LogP) is 3.30. The zero-order valence-corrected chi connectivity index (χ0v) is 12.3. The summed E-state index contributed by atoms with van der Waals surface area (Å²) in [7, 11) is 0. The van der Waals surface area contributed by atoms with Crippen molar-refractivity contribution in [3.05, 3.63) is 23.7 Å². The van der Waals surface area contributed by atoms with Crippen molar-refractivity contribution in [1.82, 2.24) is 14.5 Å². The number of rotatable bonds is 7. The highest BCUT2D eigenvalue weighted by atomic mass is 35.5. The van der Waals surface area contributed by atoms with Crippen molar-refractivity contribution in [3.8, 4) is 0 Å². The summed E-state index contributed by atoms with van der Waals surface area (Å²) in [6, 6.07) is 3.97. The Labute approximate surface area is 118 Å². The maximum absolute atomic E-state index is 5.96. The molecule has 0 saturated carbocycles. The van der Waals surface area contributed by atoms with Crippen LogP contribution in [0.5, 0.6) is 0 Å². The maximum Gasteiger partial charge on any atom is 0.160 e. The van der Waals surface area contributed by atoms with E-state index in [9.17, 15) is 0 Å². The van der Waals surface area contributed by atoms with E-state index in [-0.39, 0.29) is 0 Å². The van der Waals surface area contributed by atoms with Crippen LogP contribution in [0.25, 0.3) is 11.2 Å². The quantitative estimate of drug-likeness (QED) is 0.577. The molecule has 0 N–H and O–H groups in total. The molecule has 0 aliphatic rings. The van der Waals surface area contributed by atoms with Crippen LogP contribution in [-0.2, 0) is 17.2 Å². The fourth-order valence-corrected chi connectivity index (χ4v) is 2.26. The minimum atomic E-state index is 0.408. The molecule has 0 aliphatic carbocycles. The minimum absolute atomic E-state index is 0.408. The largest absolute Gasteiger partial charge is 0.381 e. The highest BCUT2D eigenvalue weighted by Gasteiger charge is 2.10. The van der Waals surface area contributed by atoms with E-state index in [1.165, 1.54) is 0 Å². The van der Waals surface area contributed by atoms with E-state index in [1.807, 2.05) is 19.1 Å². The Kier molecular flexibility index (Phi) is 5.16. The Morgan fingerprint density at radius 1 is 1.26 bits per heavy atom. The van der Waals surface area contributed by atoms with Gasteiger partial charge in [-0.1, -0.05) is 6.92 Å². The summed E-state index contributed by atoms with van der Waals surface area (Å²) < 4.78 is 7.61. The van der Waals surface area contributed by atoms with Gasteiger partial charge in [0.1, 0.15) is 11.3 Å². The van der Waals surface area contributed by atoms with Crippen molar-refractivity contribution < 1.29 is 4.74 Å². The Bertz CT molecular complexity index is 539. The summed E-state index contributed by atoms with van der Waals surface area (Å²) in [6.07, 6.45) is 2.01. The lowest BCUT2D eigenvalue weighted by Gasteiger charge is -2.07. The molecule has 0 aliphatic heterocycles. The number of aryl methyl sites for hydroxylation is 2. The summed E-state index contributed by atoms with van der Waals surface area (Å²) in [5.41, 5.74) is 2.83. The fraction of sp³-hybridized carbons (Fsp3) is 0.571. The molecule has 0 radical (unpaired) electrons. The van der Waals surface area contributed by atoms with Gasteiger partial charge >= 0.3 is 0 Å². The van der Waals surface area contributed by atoms with Crippen molar-refractivity contribution in [2.24, 2.45) is 0 Å². The molecule has 0 aromatic carbocycles. The number of imidazole rings is 1. The first kappa shape index (κ1) is 14.3. The molecule has 2 heterocycles. The molecule has 0 fully saturated rings. The number of hydrogen-bond acceptors (Lipinski definition) is 3.